The molecule has 4 nitrogen and oxygen atoms in total. The van der Waals surface area contributed by atoms with Gasteiger partial charge in [-0.3, -0.25) is 4.79 Å². The Hall–Kier alpha value is -2.62. The molecule has 1 amide bonds. The van der Waals surface area contributed by atoms with E-state index in [2.05, 4.69) is 10.3 Å². The number of hydrogen-bond acceptors (Lipinski definition) is 3. The molecule has 25 heavy (non-hydrogen) atoms. The molecule has 0 unspecified atom stereocenters. The third-order valence-electron chi connectivity index (χ3n) is 4.42. The molecule has 1 saturated carbocycles. The van der Waals surface area contributed by atoms with Gasteiger partial charge in [0.1, 0.15) is 6.10 Å². The van der Waals surface area contributed by atoms with E-state index in [0.717, 1.165) is 36.8 Å². The molecule has 0 aliphatic heterocycles. The van der Waals surface area contributed by atoms with Crippen LogP contribution < -0.4 is 10.1 Å². The number of rotatable bonds is 5. The van der Waals surface area contributed by atoms with Gasteiger partial charge in [-0.05, 0) is 49.8 Å². The molecule has 4 heteroatoms. The zero-order valence-corrected chi connectivity index (χ0v) is 14.5. The Bertz CT molecular complexity index is 702. The van der Waals surface area contributed by atoms with Gasteiger partial charge in [0.25, 0.3) is 0 Å². The standard InChI is InChI=1S/C21H24N2O2/c1-16-7-14-21(22-15-16)25-19-11-9-18(10-12-19)23-20(24)13-8-17-5-3-2-4-6-17/h2-8,13-15,18-19H,9-12H2,1H3,(H,23,24)/b13-8+. The van der Waals surface area contributed by atoms with Gasteiger partial charge in [-0.2, -0.15) is 0 Å². The van der Waals surface area contributed by atoms with Crippen molar-refractivity contribution in [2.75, 3.05) is 0 Å². The monoisotopic (exact) mass is 336 g/mol. The second-order valence-electron chi connectivity index (χ2n) is 6.52. The summed E-state index contributed by atoms with van der Waals surface area (Å²) < 4.78 is 5.93. The van der Waals surface area contributed by atoms with E-state index in [4.69, 9.17) is 4.74 Å². The highest BCUT2D eigenvalue weighted by atomic mass is 16.5. The third kappa shape index (κ3) is 5.45. The van der Waals surface area contributed by atoms with Crippen molar-refractivity contribution in [3.63, 3.8) is 0 Å². The second-order valence-corrected chi connectivity index (χ2v) is 6.52. The van der Waals surface area contributed by atoms with E-state index in [1.54, 1.807) is 6.08 Å². The quantitative estimate of drug-likeness (QED) is 0.842. The van der Waals surface area contributed by atoms with Crippen LogP contribution in [0, 0.1) is 6.92 Å². The normalized spacial score (nSPS) is 20.4. The average Bonchev–Trinajstić information content (AvgIpc) is 2.64. The predicted molar refractivity (Wildman–Crippen MR) is 99.3 cm³/mol. The molecule has 1 aromatic carbocycles. The highest BCUT2D eigenvalue weighted by Gasteiger charge is 2.23. The molecular formula is C21H24N2O2. The predicted octanol–water partition coefficient (Wildman–Crippen LogP) is 3.91. The molecule has 3 rings (SSSR count). The minimum absolute atomic E-state index is 0.0339. The SMILES string of the molecule is Cc1ccc(OC2CCC(NC(=O)/C=C/c3ccccc3)CC2)nc1. The fraction of sp³-hybridized carbons (Fsp3) is 0.333. The van der Waals surface area contributed by atoms with Crippen LogP contribution in [0.1, 0.15) is 36.8 Å². The number of aromatic nitrogens is 1. The molecule has 130 valence electrons. The van der Waals surface area contributed by atoms with Crippen LogP contribution in [0.3, 0.4) is 0 Å². The van der Waals surface area contributed by atoms with Crippen LogP contribution in [0.5, 0.6) is 5.88 Å². The Kier molecular flexibility index (Phi) is 5.83. The molecule has 1 aromatic heterocycles. The van der Waals surface area contributed by atoms with Crippen LogP contribution in [0.2, 0.25) is 0 Å². The largest absolute Gasteiger partial charge is 0.474 e. The summed E-state index contributed by atoms with van der Waals surface area (Å²) in [6.45, 7) is 2.01. The molecule has 2 aromatic rings. The molecular weight excluding hydrogens is 312 g/mol. The summed E-state index contributed by atoms with van der Waals surface area (Å²) >= 11 is 0. The maximum atomic E-state index is 12.0. The van der Waals surface area contributed by atoms with Crippen LogP contribution in [0.15, 0.2) is 54.7 Å². The first-order valence-corrected chi connectivity index (χ1v) is 8.82. The van der Waals surface area contributed by atoms with Gasteiger partial charge in [0.15, 0.2) is 0 Å². The maximum Gasteiger partial charge on any atom is 0.244 e. The van der Waals surface area contributed by atoms with Crippen molar-refractivity contribution in [2.45, 2.75) is 44.8 Å². The van der Waals surface area contributed by atoms with Gasteiger partial charge in [0.05, 0.1) is 0 Å². The summed E-state index contributed by atoms with van der Waals surface area (Å²) in [6.07, 6.45) is 9.18. The van der Waals surface area contributed by atoms with Gasteiger partial charge in [0.2, 0.25) is 11.8 Å². The molecule has 1 fully saturated rings. The Morgan fingerprint density at radius 3 is 2.56 bits per heavy atom. The Morgan fingerprint density at radius 2 is 1.88 bits per heavy atom. The fourth-order valence-corrected chi connectivity index (χ4v) is 3.01. The van der Waals surface area contributed by atoms with Crippen LogP contribution in [-0.4, -0.2) is 23.0 Å². The topological polar surface area (TPSA) is 51.2 Å². The van der Waals surface area contributed by atoms with E-state index in [1.807, 2.05) is 61.7 Å². The second kappa shape index (κ2) is 8.47. The van der Waals surface area contributed by atoms with Gasteiger partial charge in [-0.25, -0.2) is 4.98 Å². The summed E-state index contributed by atoms with van der Waals surface area (Å²) in [6, 6.07) is 14.0. The summed E-state index contributed by atoms with van der Waals surface area (Å²) in [4.78, 5) is 16.3. The number of hydrogen-bond donors (Lipinski definition) is 1. The first-order valence-electron chi connectivity index (χ1n) is 8.82. The summed E-state index contributed by atoms with van der Waals surface area (Å²) in [5.41, 5.74) is 2.16. The molecule has 0 spiro atoms. The first kappa shape index (κ1) is 17.2. The lowest BCUT2D eigenvalue weighted by Crippen LogP contribution is -2.39. The molecule has 1 heterocycles. The molecule has 0 bridgehead atoms. The Morgan fingerprint density at radius 1 is 1.12 bits per heavy atom. The minimum atomic E-state index is -0.0339. The van der Waals surface area contributed by atoms with Crippen LogP contribution in [-0.2, 0) is 4.79 Å². The fourth-order valence-electron chi connectivity index (χ4n) is 3.01. The van der Waals surface area contributed by atoms with Crippen molar-refractivity contribution in [3.05, 3.63) is 65.9 Å². The Balaban J connectivity index is 1.42. The summed E-state index contributed by atoms with van der Waals surface area (Å²) in [7, 11) is 0. The van der Waals surface area contributed by atoms with Crippen molar-refractivity contribution in [3.8, 4) is 5.88 Å². The maximum absolute atomic E-state index is 12.0. The molecule has 1 aliphatic rings. The van der Waals surface area contributed by atoms with Gasteiger partial charge < -0.3 is 10.1 Å². The van der Waals surface area contributed by atoms with Crippen LogP contribution in [0.25, 0.3) is 6.08 Å². The van der Waals surface area contributed by atoms with Crippen LogP contribution in [0.4, 0.5) is 0 Å². The molecule has 0 saturated heterocycles. The van der Waals surface area contributed by atoms with E-state index in [0.29, 0.717) is 5.88 Å². The highest BCUT2D eigenvalue weighted by molar-refractivity contribution is 5.91. The number of ether oxygens (including phenoxy) is 1. The summed E-state index contributed by atoms with van der Waals surface area (Å²) in [5.74, 6) is 0.650. The lowest BCUT2D eigenvalue weighted by atomic mass is 9.93. The van der Waals surface area contributed by atoms with E-state index in [9.17, 15) is 4.79 Å². The van der Waals surface area contributed by atoms with E-state index < -0.39 is 0 Å². The first-order chi connectivity index (χ1) is 12.2. The van der Waals surface area contributed by atoms with E-state index in [1.165, 1.54) is 0 Å². The number of nitrogens with one attached hydrogen (secondary N) is 1. The van der Waals surface area contributed by atoms with Crippen molar-refractivity contribution < 1.29 is 9.53 Å². The van der Waals surface area contributed by atoms with Crippen molar-refractivity contribution in [1.82, 2.24) is 10.3 Å². The zero-order chi connectivity index (χ0) is 17.5. The molecule has 0 radical (unpaired) electrons. The minimum Gasteiger partial charge on any atom is -0.474 e. The van der Waals surface area contributed by atoms with E-state index in [-0.39, 0.29) is 18.1 Å². The van der Waals surface area contributed by atoms with Crippen molar-refractivity contribution in [2.24, 2.45) is 0 Å². The lowest BCUT2D eigenvalue weighted by Gasteiger charge is -2.28. The smallest absolute Gasteiger partial charge is 0.244 e. The van der Waals surface area contributed by atoms with Crippen LogP contribution >= 0.6 is 0 Å². The third-order valence-corrected chi connectivity index (χ3v) is 4.42. The van der Waals surface area contributed by atoms with Gasteiger partial charge in [-0.1, -0.05) is 36.4 Å². The number of aryl methyl sites for hydroxylation is 1. The van der Waals surface area contributed by atoms with Gasteiger partial charge >= 0.3 is 0 Å². The molecule has 0 atom stereocenters. The molecule has 1 aliphatic carbocycles. The van der Waals surface area contributed by atoms with Crippen molar-refractivity contribution >= 4 is 12.0 Å². The number of carbonyl (C=O) groups excluding carboxylic acids is 1. The van der Waals surface area contributed by atoms with Gasteiger partial charge in [-0.15, -0.1) is 0 Å². The lowest BCUT2D eigenvalue weighted by molar-refractivity contribution is -0.117. The number of carbonyl (C=O) groups is 1. The molecule has 1 N–H and O–H groups in total. The van der Waals surface area contributed by atoms with E-state index >= 15 is 0 Å². The number of pyridine rings is 1. The number of benzene rings is 1. The van der Waals surface area contributed by atoms with Crippen molar-refractivity contribution in [1.29, 1.82) is 0 Å². The Labute approximate surface area is 148 Å². The number of amides is 1. The zero-order valence-electron chi connectivity index (χ0n) is 14.5. The number of nitrogens with zero attached hydrogens (tertiary/aromatic N) is 1. The summed E-state index contributed by atoms with van der Waals surface area (Å²) in [5, 5.41) is 3.08. The average molecular weight is 336 g/mol. The van der Waals surface area contributed by atoms with Gasteiger partial charge in [0, 0.05) is 24.4 Å². The highest BCUT2D eigenvalue weighted by Crippen LogP contribution is 2.23.